The highest BCUT2D eigenvalue weighted by molar-refractivity contribution is 5.82. The second-order valence-electron chi connectivity index (χ2n) is 6.64. The third-order valence-electron chi connectivity index (χ3n) is 4.42. The zero-order valence-electron chi connectivity index (χ0n) is 16.1. The number of rotatable bonds is 5. The minimum atomic E-state index is -4.69. The molecule has 30 heavy (non-hydrogen) atoms. The van der Waals surface area contributed by atoms with Gasteiger partial charge in [0, 0.05) is 12.3 Å². The van der Waals surface area contributed by atoms with E-state index in [2.05, 4.69) is 4.99 Å². The number of aryl methyl sites for hydroxylation is 2. The van der Waals surface area contributed by atoms with Gasteiger partial charge in [-0.2, -0.15) is 13.2 Å². The van der Waals surface area contributed by atoms with Crippen molar-refractivity contribution < 1.29 is 22.8 Å². The summed E-state index contributed by atoms with van der Waals surface area (Å²) in [6.45, 7) is 3.99. The molecule has 0 bridgehead atoms. The zero-order valence-corrected chi connectivity index (χ0v) is 16.1. The maximum absolute atomic E-state index is 12.8. The van der Waals surface area contributed by atoms with Gasteiger partial charge < -0.3 is 4.74 Å². The van der Waals surface area contributed by atoms with Gasteiger partial charge in [0.2, 0.25) is 5.75 Å². The van der Waals surface area contributed by atoms with Crippen molar-refractivity contribution in [2.24, 2.45) is 4.99 Å². The fourth-order valence-corrected chi connectivity index (χ4v) is 2.66. The van der Waals surface area contributed by atoms with E-state index in [1.165, 1.54) is 0 Å². The molecule has 0 saturated heterocycles. The fourth-order valence-electron chi connectivity index (χ4n) is 2.66. The molecular formula is C22H17F3N2O3. The van der Waals surface area contributed by atoms with Gasteiger partial charge >= 0.3 is 11.9 Å². The summed E-state index contributed by atoms with van der Waals surface area (Å²) in [4.78, 5) is 14.7. The Morgan fingerprint density at radius 2 is 1.77 bits per heavy atom. The third kappa shape index (κ3) is 5.02. The average molecular weight is 414 g/mol. The van der Waals surface area contributed by atoms with Gasteiger partial charge in [0.05, 0.1) is 16.2 Å². The molecule has 0 radical (unpaired) electrons. The topological polar surface area (TPSA) is 64.7 Å². The summed E-state index contributed by atoms with van der Waals surface area (Å²) in [5.74, 6) is -0.0434. The molecule has 3 aromatic carbocycles. The number of alkyl halides is 3. The second kappa shape index (κ2) is 8.36. The van der Waals surface area contributed by atoms with Crippen LogP contribution in [0.2, 0.25) is 0 Å². The Hall–Kier alpha value is -3.68. The number of hydrogen-bond acceptors (Lipinski definition) is 4. The lowest BCUT2D eigenvalue weighted by Gasteiger charge is -2.10. The Bertz CT molecular complexity index is 1120. The number of nitrogens with zero attached hydrogens (tertiary/aromatic N) is 2. The molecule has 0 spiro atoms. The molecule has 3 rings (SSSR count). The molecule has 0 amide bonds. The van der Waals surface area contributed by atoms with Crippen molar-refractivity contribution in [2.45, 2.75) is 20.0 Å². The van der Waals surface area contributed by atoms with E-state index in [0.29, 0.717) is 11.6 Å². The summed E-state index contributed by atoms with van der Waals surface area (Å²) in [6.07, 6.45) is -3.08. The van der Waals surface area contributed by atoms with Crippen LogP contribution in [0, 0.1) is 24.0 Å². The van der Waals surface area contributed by atoms with Gasteiger partial charge in [0.25, 0.3) is 0 Å². The van der Waals surface area contributed by atoms with Crippen molar-refractivity contribution in [1.29, 1.82) is 0 Å². The standard InChI is InChI=1S/C22H17F3N2O3/c1-14-6-8-18(10-15(14)2)26-13-16-4-3-5-19(11-16)30-21-9-7-17(22(23,24)25)12-20(21)27(28)29/h3-13H,1-2H3. The van der Waals surface area contributed by atoms with Gasteiger partial charge in [-0.25, -0.2) is 0 Å². The van der Waals surface area contributed by atoms with Crippen LogP contribution in [0.4, 0.5) is 24.5 Å². The van der Waals surface area contributed by atoms with Gasteiger partial charge in [0.1, 0.15) is 5.75 Å². The van der Waals surface area contributed by atoms with E-state index in [1.54, 1.807) is 30.5 Å². The normalized spacial score (nSPS) is 11.6. The summed E-state index contributed by atoms with van der Waals surface area (Å²) in [5.41, 5.74) is 1.82. The average Bonchev–Trinajstić information content (AvgIpc) is 2.68. The fraction of sp³-hybridized carbons (Fsp3) is 0.136. The molecule has 5 nitrogen and oxygen atoms in total. The first-order chi connectivity index (χ1) is 14.1. The number of halogens is 3. The number of aliphatic imine (C=N–C) groups is 1. The van der Waals surface area contributed by atoms with E-state index in [1.807, 2.05) is 32.0 Å². The number of nitro groups is 1. The van der Waals surface area contributed by atoms with Crippen molar-refractivity contribution in [1.82, 2.24) is 0 Å². The Balaban J connectivity index is 1.85. The lowest BCUT2D eigenvalue weighted by molar-refractivity contribution is -0.385. The molecule has 0 aliphatic rings. The predicted molar refractivity (Wildman–Crippen MR) is 108 cm³/mol. The van der Waals surface area contributed by atoms with E-state index >= 15 is 0 Å². The molecule has 0 atom stereocenters. The van der Waals surface area contributed by atoms with E-state index in [-0.39, 0.29) is 11.5 Å². The maximum Gasteiger partial charge on any atom is 0.416 e. The first-order valence-corrected chi connectivity index (χ1v) is 8.88. The smallest absolute Gasteiger partial charge is 0.416 e. The summed E-state index contributed by atoms with van der Waals surface area (Å²) in [7, 11) is 0. The minimum absolute atomic E-state index is 0.238. The predicted octanol–water partition coefficient (Wildman–Crippen LogP) is 6.77. The Morgan fingerprint density at radius 1 is 1.00 bits per heavy atom. The van der Waals surface area contributed by atoms with E-state index < -0.39 is 22.4 Å². The second-order valence-corrected chi connectivity index (χ2v) is 6.64. The van der Waals surface area contributed by atoms with Gasteiger partial charge in [-0.3, -0.25) is 15.1 Å². The van der Waals surface area contributed by atoms with Crippen LogP contribution in [0.25, 0.3) is 0 Å². The van der Waals surface area contributed by atoms with Crippen molar-refractivity contribution in [2.75, 3.05) is 0 Å². The molecule has 0 N–H and O–H groups in total. The van der Waals surface area contributed by atoms with Crippen molar-refractivity contribution in [3.05, 3.63) is 93.0 Å². The molecule has 0 heterocycles. The SMILES string of the molecule is Cc1ccc(N=Cc2cccc(Oc3ccc(C(F)(F)F)cc3[N+](=O)[O-])c2)cc1C. The van der Waals surface area contributed by atoms with Crippen LogP contribution in [0.3, 0.4) is 0 Å². The summed E-state index contributed by atoms with van der Waals surface area (Å²) >= 11 is 0. The molecule has 8 heteroatoms. The van der Waals surface area contributed by atoms with Crippen LogP contribution in [0.1, 0.15) is 22.3 Å². The zero-order chi connectivity index (χ0) is 21.9. The summed E-state index contributed by atoms with van der Waals surface area (Å²) in [5, 5.41) is 11.2. The molecule has 0 saturated carbocycles. The molecule has 0 unspecified atom stereocenters. The van der Waals surface area contributed by atoms with Crippen LogP contribution in [0.15, 0.2) is 65.7 Å². The molecule has 3 aromatic rings. The first-order valence-electron chi connectivity index (χ1n) is 8.88. The van der Waals surface area contributed by atoms with Gasteiger partial charge in [-0.1, -0.05) is 18.2 Å². The van der Waals surface area contributed by atoms with Crippen molar-refractivity contribution in [3.63, 3.8) is 0 Å². The number of ether oxygens (including phenoxy) is 1. The van der Waals surface area contributed by atoms with Crippen LogP contribution in [-0.2, 0) is 6.18 Å². The quantitative estimate of drug-likeness (QED) is 0.263. The maximum atomic E-state index is 12.8. The van der Waals surface area contributed by atoms with Crippen LogP contribution in [0.5, 0.6) is 11.5 Å². The Labute approximate surface area is 170 Å². The van der Waals surface area contributed by atoms with Crippen LogP contribution in [-0.4, -0.2) is 11.1 Å². The largest absolute Gasteiger partial charge is 0.450 e. The number of nitro benzene ring substituents is 1. The molecule has 0 fully saturated rings. The van der Waals surface area contributed by atoms with E-state index in [9.17, 15) is 23.3 Å². The highest BCUT2D eigenvalue weighted by atomic mass is 19.4. The molecule has 0 aromatic heterocycles. The Morgan fingerprint density at radius 3 is 2.43 bits per heavy atom. The highest BCUT2D eigenvalue weighted by Crippen LogP contribution is 2.37. The van der Waals surface area contributed by atoms with E-state index in [0.717, 1.165) is 28.9 Å². The van der Waals surface area contributed by atoms with Crippen LogP contribution >= 0.6 is 0 Å². The van der Waals surface area contributed by atoms with Gasteiger partial charge in [0.15, 0.2) is 0 Å². The third-order valence-corrected chi connectivity index (χ3v) is 4.42. The first kappa shape index (κ1) is 21.0. The summed E-state index contributed by atoms with van der Waals surface area (Å²) < 4.78 is 44.0. The lowest BCUT2D eigenvalue weighted by Crippen LogP contribution is -2.06. The van der Waals surface area contributed by atoms with E-state index in [4.69, 9.17) is 4.74 Å². The monoisotopic (exact) mass is 414 g/mol. The van der Waals surface area contributed by atoms with Crippen molar-refractivity contribution >= 4 is 17.6 Å². The molecule has 0 aliphatic heterocycles. The summed E-state index contributed by atoms with van der Waals surface area (Å²) in [6, 6.07) is 14.5. The molecule has 0 aliphatic carbocycles. The Kier molecular flexibility index (Phi) is 5.86. The molecule has 154 valence electrons. The molecular weight excluding hydrogens is 397 g/mol. The van der Waals surface area contributed by atoms with Crippen molar-refractivity contribution in [3.8, 4) is 11.5 Å². The minimum Gasteiger partial charge on any atom is -0.450 e. The lowest BCUT2D eigenvalue weighted by atomic mass is 10.1. The van der Waals surface area contributed by atoms with Gasteiger partial charge in [-0.15, -0.1) is 0 Å². The van der Waals surface area contributed by atoms with Gasteiger partial charge in [-0.05, 0) is 66.9 Å². The highest BCUT2D eigenvalue weighted by Gasteiger charge is 2.33. The van der Waals surface area contributed by atoms with Crippen LogP contribution < -0.4 is 4.74 Å². The number of hydrogen-bond donors (Lipinski definition) is 0. The number of benzene rings is 3.